The number of hydrogen-bond donors (Lipinski definition) is 0. The van der Waals surface area contributed by atoms with Crippen molar-refractivity contribution in [1.82, 2.24) is 4.90 Å². The highest BCUT2D eigenvalue weighted by atomic mass is 16.7. The fraction of sp³-hybridized carbons (Fsp3) is 0.714. The first kappa shape index (κ1) is 16.3. The van der Waals surface area contributed by atoms with Crippen LogP contribution in [0, 0.1) is 17.3 Å². The molecule has 3 aliphatic carbocycles. The first-order valence-electron chi connectivity index (χ1n) is 10.1. The summed E-state index contributed by atoms with van der Waals surface area (Å²) in [4.78, 5) is 2.56. The van der Waals surface area contributed by atoms with E-state index in [1.54, 1.807) is 0 Å². The minimum Gasteiger partial charge on any atom is -0.405 e. The van der Waals surface area contributed by atoms with Gasteiger partial charge in [-0.2, -0.15) is 0 Å². The molecular weight excluding hydrogens is 309 g/mol. The van der Waals surface area contributed by atoms with E-state index in [9.17, 15) is 0 Å². The van der Waals surface area contributed by atoms with Crippen LogP contribution in [-0.2, 0) is 15.9 Å². The van der Waals surface area contributed by atoms with Crippen LogP contribution in [0.2, 0.25) is 5.82 Å². The van der Waals surface area contributed by atoms with E-state index in [2.05, 4.69) is 56.0 Å². The maximum atomic E-state index is 6.67. The zero-order valence-electron chi connectivity index (χ0n) is 15.8. The number of benzene rings is 1. The molecule has 2 heterocycles. The van der Waals surface area contributed by atoms with Crippen molar-refractivity contribution in [2.45, 2.75) is 64.1 Å². The van der Waals surface area contributed by atoms with E-state index in [0.29, 0.717) is 23.3 Å². The molecule has 5 fully saturated rings. The highest BCUT2D eigenvalue weighted by Crippen LogP contribution is 2.66. The van der Waals surface area contributed by atoms with Crippen molar-refractivity contribution in [3.63, 3.8) is 0 Å². The highest BCUT2D eigenvalue weighted by molar-refractivity contribution is 6.47. The first-order chi connectivity index (χ1) is 12.0. The van der Waals surface area contributed by atoms with Crippen molar-refractivity contribution in [2.24, 2.45) is 17.3 Å². The van der Waals surface area contributed by atoms with E-state index in [1.807, 2.05) is 0 Å². The Morgan fingerprint density at radius 2 is 1.96 bits per heavy atom. The summed E-state index contributed by atoms with van der Waals surface area (Å²) >= 11 is 0. The van der Waals surface area contributed by atoms with Crippen LogP contribution in [-0.4, -0.2) is 36.8 Å². The summed E-state index contributed by atoms with van der Waals surface area (Å²) in [5.74, 6) is 2.01. The second kappa shape index (κ2) is 5.58. The Kier molecular flexibility index (Phi) is 3.65. The third-order valence-corrected chi connectivity index (χ3v) is 7.91. The van der Waals surface area contributed by atoms with Gasteiger partial charge in [0, 0.05) is 12.4 Å². The molecule has 5 aliphatic rings. The van der Waals surface area contributed by atoms with Crippen LogP contribution in [0.1, 0.15) is 45.6 Å². The summed E-state index contributed by atoms with van der Waals surface area (Å²) in [5, 5.41) is 0. The standard InChI is InChI=1S/C21H30BNO2/c1-20(2)16-11-18(20)21(3)19(12-16)24-22(25-21)17-9-10-23(14-17)13-15-7-5-4-6-8-15/h4-8,16-19H,9-14H2,1-3H3/t16?,17-,18?,19+,21-/m0/s1. The zero-order chi connectivity index (χ0) is 17.2. The van der Waals surface area contributed by atoms with E-state index in [1.165, 1.54) is 24.8 Å². The molecule has 0 radical (unpaired) electrons. The van der Waals surface area contributed by atoms with Crippen LogP contribution in [0.4, 0.5) is 0 Å². The Balaban J connectivity index is 1.24. The van der Waals surface area contributed by atoms with Gasteiger partial charge in [0.2, 0.25) is 0 Å². The molecule has 6 rings (SSSR count). The van der Waals surface area contributed by atoms with Gasteiger partial charge < -0.3 is 9.31 Å². The highest BCUT2D eigenvalue weighted by Gasteiger charge is 2.68. The topological polar surface area (TPSA) is 21.7 Å². The smallest absolute Gasteiger partial charge is 0.405 e. The van der Waals surface area contributed by atoms with Crippen LogP contribution in [0.5, 0.6) is 0 Å². The predicted octanol–water partition coefficient (Wildman–Crippen LogP) is 3.99. The molecule has 1 aromatic rings. The van der Waals surface area contributed by atoms with E-state index >= 15 is 0 Å². The maximum absolute atomic E-state index is 6.67. The maximum Gasteiger partial charge on any atom is 0.462 e. The molecule has 3 saturated carbocycles. The molecule has 4 heteroatoms. The minimum absolute atomic E-state index is 0.00548. The third-order valence-electron chi connectivity index (χ3n) is 7.91. The van der Waals surface area contributed by atoms with Crippen molar-refractivity contribution in [2.75, 3.05) is 13.1 Å². The summed E-state index contributed by atoms with van der Waals surface area (Å²) in [7, 11) is 0.00548. The van der Waals surface area contributed by atoms with E-state index in [4.69, 9.17) is 9.31 Å². The molecule has 0 N–H and O–H groups in total. The van der Waals surface area contributed by atoms with Gasteiger partial charge in [-0.1, -0.05) is 44.2 Å². The Bertz CT molecular complexity index is 651. The monoisotopic (exact) mass is 339 g/mol. The third kappa shape index (κ3) is 2.44. The summed E-state index contributed by atoms with van der Waals surface area (Å²) in [6, 6.07) is 10.8. The minimum atomic E-state index is -0.0598. The molecule has 1 aromatic carbocycles. The molecule has 0 spiro atoms. The molecule has 2 bridgehead atoms. The summed E-state index contributed by atoms with van der Waals surface area (Å²) in [6.45, 7) is 10.5. The van der Waals surface area contributed by atoms with Gasteiger partial charge in [-0.15, -0.1) is 0 Å². The zero-order valence-corrected chi connectivity index (χ0v) is 15.8. The molecule has 0 aromatic heterocycles. The molecule has 3 nitrogen and oxygen atoms in total. The summed E-state index contributed by atoms with van der Waals surface area (Å²) < 4.78 is 13.2. The van der Waals surface area contributed by atoms with Gasteiger partial charge in [-0.05, 0) is 62.1 Å². The Labute approximate surface area is 152 Å². The molecule has 2 aliphatic heterocycles. The molecule has 0 amide bonds. The Hall–Kier alpha value is -0.835. The van der Waals surface area contributed by atoms with Crippen molar-refractivity contribution in [3.8, 4) is 0 Å². The lowest BCUT2D eigenvalue weighted by atomic mass is 9.43. The molecule has 5 atom stereocenters. The van der Waals surface area contributed by atoms with Gasteiger partial charge in [-0.3, -0.25) is 4.90 Å². The second-order valence-corrected chi connectivity index (χ2v) is 9.61. The number of likely N-dealkylation sites (tertiary alicyclic amines) is 1. The molecule has 134 valence electrons. The van der Waals surface area contributed by atoms with Crippen molar-refractivity contribution in [1.29, 1.82) is 0 Å². The lowest BCUT2D eigenvalue weighted by Gasteiger charge is -2.64. The van der Waals surface area contributed by atoms with Gasteiger partial charge in [0.05, 0.1) is 11.7 Å². The number of rotatable bonds is 3. The van der Waals surface area contributed by atoms with E-state index < -0.39 is 0 Å². The molecule has 25 heavy (non-hydrogen) atoms. The van der Waals surface area contributed by atoms with Crippen LogP contribution < -0.4 is 0 Å². The van der Waals surface area contributed by atoms with Gasteiger partial charge in [0.1, 0.15) is 0 Å². The SMILES string of the molecule is CC1(C)C2CC1[C@]1(C)OB([C@H]3CCN(Cc4ccccc4)C3)O[C@@H]1C2. The van der Waals surface area contributed by atoms with Gasteiger partial charge in [0.25, 0.3) is 0 Å². The van der Waals surface area contributed by atoms with Crippen LogP contribution in [0.25, 0.3) is 0 Å². The Morgan fingerprint density at radius 1 is 1.16 bits per heavy atom. The van der Waals surface area contributed by atoms with Crippen molar-refractivity contribution >= 4 is 7.12 Å². The first-order valence-corrected chi connectivity index (χ1v) is 10.1. The van der Waals surface area contributed by atoms with Gasteiger partial charge >= 0.3 is 7.12 Å². The van der Waals surface area contributed by atoms with Gasteiger partial charge in [0.15, 0.2) is 0 Å². The quantitative estimate of drug-likeness (QED) is 0.777. The van der Waals surface area contributed by atoms with Crippen molar-refractivity contribution < 1.29 is 9.31 Å². The van der Waals surface area contributed by atoms with E-state index in [0.717, 1.165) is 25.6 Å². The largest absolute Gasteiger partial charge is 0.462 e. The van der Waals surface area contributed by atoms with E-state index in [-0.39, 0.29) is 12.7 Å². The fourth-order valence-corrected chi connectivity index (χ4v) is 6.17. The average molecular weight is 339 g/mol. The predicted molar refractivity (Wildman–Crippen MR) is 100 cm³/mol. The number of hydrogen-bond acceptors (Lipinski definition) is 3. The van der Waals surface area contributed by atoms with Crippen LogP contribution in [0.3, 0.4) is 0 Å². The fourth-order valence-electron chi connectivity index (χ4n) is 6.17. The molecule has 2 saturated heterocycles. The molecular formula is C21H30BNO2. The number of nitrogens with zero attached hydrogens (tertiary/aromatic N) is 1. The van der Waals surface area contributed by atoms with Crippen molar-refractivity contribution in [3.05, 3.63) is 35.9 Å². The summed E-state index contributed by atoms with van der Waals surface area (Å²) in [5.41, 5.74) is 1.77. The van der Waals surface area contributed by atoms with Crippen LogP contribution >= 0.6 is 0 Å². The normalized spacial score (nSPS) is 42.3. The van der Waals surface area contributed by atoms with Gasteiger partial charge in [-0.25, -0.2) is 0 Å². The second-order valence-electron chi connectivity index (χ2n) is 9.61. The molecule has 2 unspecified atom stereocenters. The lowest BCUT2D eigenvalue weighted by molar-refractivity contribution is -0.199. The van der Waals surface area contributed by atoms with Crippen LogP contribution in [0.15, 0.2) is 30.3 Å². The average Bonchev–Trinajstić information content (AvgIpc) is 3.18. The Morgan fingerprint density at radius 3 is 2.72 bits per heavy atom. The lowest BCUT2D eigenvalue weighted by Crippen LogP contribution is -2.65. The summed E-state index contributed by atoms with van der Waals surface area (Å²) in [6.07, 6.45) is 4.03.